The van der Waals surface area contributed by atoms with Crippen molar-refractivity contribution in [2.75, 3.05) is 17.1 Å². The Balaban J connectivity index is 2.10. The van der Waals surface area contributed by atoms with Crippen LogP contribution in [0, 0.1) is 13.8 Å². The molecule has 0 fully saturated rings. The predicted octanol–water partition coefficient (Wildman–Crippen LogP) is 5.28. The minimum absolute atomic E-state index is 0.0258. The zero-order valence-electron chi connectivity index (χ0n) is 23.9. The number of rotatable bonds is 10. The van der Waals surface area contributed by atoms with Crippen molar-refractivity contribution in [2.45, 2.75) is 59.2 Å². The van der Waals surface area contributed by atoms with E-state index in [1.165, 1.54) is 4.90 Å². The van der Waals surface area contributed by atoms with Gasteiger partial charge in [-0.25, -0.2) is 8.42 Å². The van der Waals surface area contributed by atoms with Crippen LogP contribution in [0.4, 0.5) is 5.69 Å². The topological polar surface area (TPSA) is 86.8 Å². The summed E-state index contributed by atoms with van der Waals surface area (Å²) < 4.78 is 27.1. The molecule has 214 valence electrons. The molecule has 1 unspecified atom stereocenters. The summed E-state index contributed by atoms with van der Waals surface area (Å²) in [5, 5.41) is 3.46. The third-order valence-corrected chi connectivity index (χ3v) is 7.86. The molecule has 0 saturated carbocycles. The van der Waals surface area contributed by atoms with Crippen LogP contribution >= 0.6 is 11.6 Å². The number of benzene rings is 3. The van der Waals surface area contributed by atoms with Crippen LogP contribution in [0.1, 0.15) is 43.0 Å². The largest absolute Gasteiger partial charge is 0.350 e. The molecule has 1 N–H and O–H groups in total. The van der Waals surface area contributed by atoms with Gasteiger partial charge < -0.3 is 10.2 Å². The number of halogens is 1. The molecule has 0 spiro atoms. The van der Waals surface area contributed by atoms with Crippen LogP contribution in [0.15, 0.2) is 72.8 Å². The van der Waals surface area contributed by atoms with Gasteiger partial charge in [0.25, 0.3) is 0 Å². The monoisotopic (exact) mass is 583 g/mol. The zero-order valence-corrected chi connectivity index (χ0v) is 25.5. The second kappa shape index (κ2) is 12.9. The number of carbonyl (C=O) groups is 2. The molecule has 0 aromatic heterocycles. The lowest BCUT2D eigenvalue weighted by atomic mass is 10.0. The molecule has 3 aromatic rings. The molecule has 40 heavy (non-hydrogen) atoms. The second-order valence-corrected chi connectivity index (χ2v) is 13.4. The number of hydrogen-bond donors (Lipinski definition) is 1. The van der Waals surface area contributed by atoms with E-state index in [2.05, 4.69) is 5.32 Å². The summed E-state index contributed by atoms with van der Waals surface area (Å²) >= 11 is 6.49. The summed E-state index contributed by atoms with van der Waals surface area (Å²) in [6.45, 7) is 8.89. The van der Waals surface area contributed by atoms with Crippen molar-refractivity contribution in [3.8, 4) is 0 Å². The number of amides is 2. The van der Waals surface area contributed by atoms with Gasteiger partial charge in [0.05, 0.1) is 11.9 Å². The maximum absolute atomic E-state index is 14.2. The van der Waals surface area contributed by atoms with Gasteiger partial charge in [0.2, 0.25) is 21.8 Å². The first-order valence-electron chi connectivity index (χ1n) is 13.1. The quantitative estimate of drug-likeness (QED) is 0.352. The molecular formula is C31H38ClN3O4S. The van der Waals surface area contributed by atoms with E-state index >= 15 is 0 Å². The summed E-state index contributed by atoms with van der Waals surface area (Å²) in [7, 11) is -3.84. The fraction of sp³-hybridized carbons (Fsp3) is 0.355. The fourth-order valence-electron chi connectivity index (χ4n) is 4.50. The van der Waals surface area contributed by atoms with Crippen molar-refractivity contribution in [1.82, 2.24) is 10.2 Å². The number of sulfonamides is 1. The van der Waals surface area contributed by atoms with Crippen molar-refractivity contribution in [1.29, 1.82) is 0 Å². The number of nitrogens with zero attached hydrogens (tertiary/aromatic N) is 2. The standard InChI is InChI=1S/C31H38ClN3O4S/c1-22-16-17-27(23(2)18-22)35(40(6,38)39)21-29(36)34(20-25-14-10-11-15-26(25)32)28(30(37)33-31(3,4)5)19-24-12-8-7-9-13-24/h7-18,28H,19-21H2,1-6H3,(H,33,37). The second-order valence-electron chi connectivity index (χ2n) is 11.1. The lowest BCUT2D eigenvalue weighted by Gasteiger charge is -2.35. The molecule has 0 bridgehead atoms. The molecule has 1 atom stereocenters. The van der Waals surface area contributed by atoms with Crippen molar-refractivity contribution in [3.05, 3.63) is 100 Å². The number of nitrogens with one attached hydrogen (secondary N) is 1. The summed E-state index contributed by atoms with van der Waals surface area (Å²) in [6, 6.07) is 21.0. The van der Waals surface area contributed by atoms with Crippen LogP contribution < -0.4 is 9.62 Å². The molecule has 0 saturated heterocycles. The van der Waals surface area contributed by atoms with Gasteiger partial charge in [-0.3, -0.25) is 13.9 Å². The Morgan fingerprint density at radius 2 is 1.57 bits per heavy atom. The average molecular weight is 584 g/mol. The molecule has 7 nitrogen and oxygen atoms in total. The Hall–Kier alpha value is -3.36. The van der Waals surface area contributed by atoms with Crippen LogP contribution in [0.2, 0.25) is 5.02 Å². The highest BCUT2D eigenvalue weighted by Crippen LogP contribution is 2.26. The lowest BCUT2D eigenvalue weighted by molar-refractivity contribution is -0.140. The Morgan fingerprint density at radius 1 is 0.950 bits per heavy atom. The van der Waals surface area contributed by atoms with Gasteiger partial charge in [0.15, 0.2) is 0 Å². The van der Waals surface area contributed by atoms with Gasteiger partial charge in [-0.05, 0) is 63.4 Å². The highest BCUT2D eigenvalue weighted by molar-refractivity contribution is 7.92. The van der Waals surface area contributed by atoms with E-state index in [0.717, 1.165) is 27.3 Å². The maximum atomic E-state index is 14.2. The highest BCUT2D eigenvalue weighted by Gasteiger charge is 2.34. The van der Waals surface area contributed by atoms with E-state index < -0.39 is 34.1 Å². The lowest BCUT2D eigenvalue weighted by Crippen LogP contribution is -2.56. The average Bonchev–Trinajstić information content (AvgIpc) is 2.85. The summed E-state index contributed by atoms with van der Waals surface area (Å²) in [6.07, 6.45) is 1.31. The van der Waals surface area contributed by atoms with Crippen molar-refractivity contribution in [2.24, 2.45) is 0 Å². The smallest absolute Gasteiger partial charge is 0.244 e. The minimum Gasteiger partial charge on any atom is -0.350 e. The Labute approximate surface area is 243 Å². The molecule has 0 aliphatic carbocycles. The molecule has 0 radical (unpaired) electrons. The van der Waals surface area contributed by atoms with Crippen LogP contribution in [-0.4, -0.2) is 49.5 Å². The van der Waals surface area contributed by atoms with E-state index in [1.54, 1.807) is 24.3 Å². The minimum atomic E-state index is -3.84. The van der Waals surface area contributed by atoms with Gasteiger partial charge in [-0.15, -0.1) is 0 Å². The number of carbonyl (C=O) groups excluding carboxylic acids is 2. The highest BCUT2D eigenvalue weighted by atomic mass is 35.5. The van der Waals surface area contributed by atoms with Crippen LogP contribution in [0.25, 0.3) is 0 Å². The van der Waals surface area contributed by atoms with Crippen molar-refractivity contribution < 1.29 is 18.0 Å². The first kappa shape index (κ1) is 31.2. The first-order valence-corrected chi connectivity index (χ1v) is 15.3. The van der Waals surface area contributed by atoms with Crippen LogP contribution in [0.5, 0.6) is 0 Å². The molecular weight excluding hydrogens is 546 g/mol. The van der Waals surface area contributed by atoms with Gasteiger partial charge in [-0.2, -0.15) is 0 Å². The molecule has 0 aliphatic heterocycles. The van der Waals surface area contributed by atoms with Crippen molar-refractivity contribution >= 4 is 39.1 Å². The van der Waals surface area contributed by atoms with Crippen molar-refractivity contribution in [3.63, 3.8) is 0 Å². The number of hydrogen-bond acceptors (Lipinski definition) is 4. The Morgan fingerprint density at radius 3 is 2.15 bits per heavy atom. The van der Waals surface area contributed by atoms with Gasteiger partial charge in [-0.1, -0.05) is 77.8 Å². The van der Waals surface area contributed by atoms with Crippen LogP contribution in [-0.2, 0) is 32.6 Å². The molecule has 0 aliphatic rings. The maximum Gasteiger partial charge on any atom is 0.244 e. The molecule has 0 heterocycles. The van der Waals surface area contributed by atoms with E-state index in [9.17, 15) is 18.0 Å². The van der Waals surface area contributed by atoms with Gasteiger partial charge in [0.1, 0.15) is 12.6 Å². The molecule has 9 heteroatoms. The molecule has 3 aromatic carbocycles. The Bertz CT molecular complexity index is 1450. The van der Waals surface area contributed by atoms with Gasteiger partial charge >= 0.3 is 0 Å². The summed E-state index contributed by atoms with van der Waals surface area (Å²) in [5.74, 6) is -0.857. The Kier molecular flexibility index (Phi) is 10.0. The number of aryl methyl sites for hydroxylation is 2. The van der Waals surface area contributed by atoms with E-state index in [0.29, 0.717) is 16.3 Å². The summed E-state index contributed by atoms with van der Waals surface area (Å²) in [4.78, 5) is 29.4. The van der Waals surface area contributed by atoms with E-state index in [-0.39, 0.29) is 18.9 Å². The molecule has 2 amide bonds. The predicted molar refractivity (Wildman–Crippen MR) is 162 cm³/mol. The number of anilines is 1. The zero-order chi connectivity index (χ0) is 29.7. The van der Waals surface area contributed by atoms with Crippen LogP contribution in [0.3, 0.4) is 0 Å². The van der Waals surface area contributed by atoms with E-state index in [1.807, 2.05) is 83.1 Å². The fourth-order valence-corrected chi connectivity index (χ4v) is 5.60. The normalized spacial score (nSPS) is 12.5. The molecule has 3 rings (SSSR count). The SMILES string of the molecule is Cc1ccc(N(CC(=O)N(Cc2ccccc2Cl)C(Cc2ccccc2)C(=O)NC(C)(C)C)S(C)(=O)=O)c(C)c1. The first-order chi connectivity index (χ1) is 18.7. The van der Waals surface area contributed by atoms with Gasteiger partial charge in [0, 0.05) is 23.5 Å². The third kappa shape index (κ3) is 8.57. The summed E-state index contributed by atoms with van der Waals surface area (Å²) in [5.41, 5.74) is 3.07. The van der Waals surface area contributed by atoms with E-state index in [4.69, 9.17) is 11.6 Å². The third-order valence-electron chi connectivity index (χ3n) is 6.37.